The van der Waals surface area contributed by atoms with Gasteiger partial charge >= 0.3 is 5.97 Å². The smallest absolute Gasteiger partial charge is 0.335 e. The van der Waals surface area contributed by atoms with Crippen LogP contribution in [0.25, 0.3) is 11.3 Å². The van der Waals surface area contributed by atoms with E-state index < -0.39 is 5.91 Å². The zero-order valence-corrected chi connectivity index (χ0v) is 20.8. The molecule has 0 radical (unpaired) electrons. The number of benzene rings is 1. The van der Waals surface area contributed by atoms with Crippen molar-refractivity contribution in [1.82, 2.24) is 20.5 Å². The highest BCUT2D eigenvalue weighted by Gasteiger charge is 2.25. The van der Waals surface area contributed by atoms with Crippen LogP contribution >= 0.6 is 11.3 Å². The molecule has 5 rings (SSSR count). The van der Waals surface area contributed by atoms with E-state index in [0.717, 1.165) is 101 Å². The molecule has 1 saturated carbocycles. The SMILES string of the molecule is O=C(NOC(=O)C1CCCCC1)c1ccc(-c2csc(N3CCN(N4CCOCC4)CC3)n2)cc1. The minimum atomic E-state index is -0.419. The van der Waals surface area contributed by atoms with Crippen molar-refractivity contribution in [2.45, 2.75) is 32.1 Å². The van der Waals surface area contributed by atoms with Crippen molar-refractivity contribution in [3.05, 3.63) is 35.2 Å². The number of amides is 1. The van der Waals surface area contributed by atoms with Crippen LogP contribution in [0.2, 0.25) is 0 Å². The van der Waals surface area contributed by atoms with E-state index in [1.54, 1.807) is 23.5 Å². The highest BCUT2D eigenvalue weighted by molar-refractivity contribution is 7.14. The van der Waals surface area contributed by atoms with Gasteiger partial charge in [-0.2, -0.15) is 5.48 Å². The third kappa shape index (κ3) is 6.00. The Balaban J connectivity index is 1.12. The number of morpholine rings is 1. The molecule has 0 unspecified atom stereocenters. The van der Waals surface area contributed by atoms with Gasteiger partial charge < -0.3 is 14.5 Å². The maximum absolute atomic E-state index is 12.4. The van der Waals surface area contributed by atoms with Crippen molar-refractivity contribution in [2.75, 3.05) is 57.4 Å². The van der Waals surface area contributed by atoms with Crippen molar-refractivity contribution >= 4 is 28.3 Å². The molecule has 9 nitrogen and oxygen atoms in total. The molecule has 1 aromatic carbocycles. The molecule has 0 bridgehead atoms. The standard InChI is InChI=1S/C25H33N5O4S/c31-23(27-34-24(32)21-4-2-1-3-5-21)20-8-6-19(7-9-20)22-18-35-25(26-22)28-10-12-29(13-11-28)30-14-16-33-17-15-30/h6-9,18,21H,1-5,10-17H2,(H,27,31). The number of piperazine rings is 1. The molecule has 2 saturated heterocycles. The van der Waals surface area contributed by atoms with Gasteiger partial charge in [-0.05, 0) is 25.0 Å². The second-order valence-electron chi connectivity index (χ2n) is 9.29. The third-order valence-corrected chi connectivity index (χ3v) is 7.93. The van der Waals surface area contributed by atoms with Gasteiger partial charge in [0.25, 0.3) is 5.91 Å². The number of nitrogens with one attached hydrogen (secondary N) is 1. The van der Waals surface area contributed by atoms with Gasteiger partial charge in [0.1, 0.15) is 0 Å². The number of nitrogens with zero attached hydrogens (tertiary/aromatic N) is 4. The molecule has 188 valence electrons. The van der Waals surface area contributed by atoms with Crippen LogP contribution in [-0.4, -0.2) is 79.4 Å². The van der Waals surface area contributed by atoms with Crippen molar-refractivity contribution in [3.63, 3.8) is 0 Å². The van der Waals surface area contributed by atoms with Gasteiger partial charge in [-0.3, -0.25) is 4.79 Å². The molecule has 3 heterocycles. The maximum atomic E-state index is 12.4. The maximum Gasteiger partial charge on any atom is 0.335 e. The summed E-state index contributed by atoms with van der Waals surface area (Å²) >= 11 is 1.65. The van der Waals surface area contributed by atoms with E-state index >= 15 is 0 Å². The second-order valence-corrected chi connectivity index (χ2v) is 10.1. The number of hydrogen-bond acceptors (Lipinski definition) is 9. The number of carbonyl (C=O) groups is 2. The summed E-state index contributed by atoms with van der Waals surface area (Å²) in [6.45, 7) is 7.43. The fraction of sp³-hybridized carbons (Fsp3) is 0.560. The largest absolute Gasteiger partial charge is 0.379 e. The van der Waals surface area contributed by atoms with E-state index in [0.29, 0.717) is 5.56 Å². The summed E-state index contributed by atoms with van der Waals surface area (Å²) in [7, 11) is 0. The van der Waals surface area contributed by atoms with Crippen molar-refractivity contribution < 1.29 is 19.2 Å². The Bertz CT molecular complexity index is 994. The Hall–Kier alpha value is -2.53. The lowest BCUT2D eigenvalue weighted by molar-refractivity contribution is -0.155. The van der Waals surface area contributed by atoms with Gasteiger partial charge in [0.05, 0.1) is 24.8 Å². The summed E-state index contributed by atoms with van der Waals surface area (Å²) in [5, 5.41) is 7.93. The van der Waals surface area contributed by atoms with Gasteiger partial charge in [-0.15, -0.1) is 11.3 Å². The number of aromatic nitrogens is 1. The van der Waals surface area contributed by atoms with Gasteiger partial charge in [-0.25, -0.2) is 19.8 Å². The monoisotopic (exact) mass is 499 g/mol. The number of hydrogen-bond donors (Lipinski definition) is 1. The Morgan fingerprint density at radius 1 is 0.943 bits per heavy atom. The summed E-state index contributed by atoms with van der Waals surface area (Å²) in [5.41, 5.74) is 4.60. The van der Waals surface area contributed by atoms with Crippen molar-refractivity contribution in [2.24, 2.45) is 5.92 Å². The minimum absolute atomic E-state index is 0.104. The Labute approximate surface area is 209 Å². The summed E-state index contributed by atoms with van der Waals surface area (Å²) in [6.07, 6.45) is 4.91. The zero-order chi connectivity index (χ0) is 24.0. The highest BCUT2D eigenvalue weighted by Crippen LogP contribution is 2.29. The Morgan fingerprint density at radius 2 is 1.63 bits per heavy atom. The molecule has 3 fully saturated rings. The van der Waals surface area contributed by atoms with Crippen molar-refractivity contribution in [1.29, 1.82) is 0 Å². The third-order valence-electron chi connectivity index (χ3n) is 7.03. The molecule has 1 amide bonds. The quantitative estimate of drug-likeness (QED) is 0.629. The van der Waals surface area contributed by atoms with Gasteiger partial charge in [0.2, 0.25) is 0 Å². The minimum Gasteiger partial charge on any atom is -0.379 e. The predicted octanol–water partition coefficient (Wildman–Crippen LogP) is 2.95. The number of ether oxygens (including phenoxy) is 1. The van der Waals surface area contributed by atoms with Gasteiger partial charge in [0, 0.05) is 55.8 Å². The molecular weight excluding hydrogens is 466 g/mol. The number of hydrazine groups is 1. The number of anilines is 1. The Kier molecular flexibility index (Phi) is 7.92. The van der Waals surface area contributed by atoms with Crippen molar-refractivity contribution in [3.8, 4) is 11.3 Å². The molecule has 10 heteroatoms. The van der Waals surface area contributed by atoms with Crippen LogP contribution in [0.3, 0.4) is 0 Å². The van der Waals surface area contributed by atoms with Crippen LogP contribution in [0.15, 0.2) is 29.6 Å². The molecule has 3 aliphatic rings. The van der Waals surface area contributed by atoms with Crippen LogP contribution in [0, 0.1) is 5.92 Å². The fourth-order valence-corrected chi connectivity index (χ4v) is 5.81. The summed E-state index contributed by atoms with van der Waals surface area (Å²) in [5.74, 6) is -0.860. The topological polar surface area (TPSA) is 87.2 Å². The van der Waals surface area contributed by atoms with Crippen LogP contribution in [0.5, 0.6) is 0 Å². The molecule has 35 heavy (non-hydrogen) atoms. The molecule has 1 N–H and O–H groups in total. The van der Waals surface area contributed by atoms with E-state index in [2.05, 4.69) is 25.8 Å². The molecular formula is C25H33N5O4S. The molecule has 2 aromatic rings. The number of carbonyl (C=O) groups excluding carboxylic acids is 2. The van der Waals surface area contributed by atoms with Gasteiger partial charge in [-0.1, -0.05) is 31.4 Å². The summed E-state index contributed by atoms with van der Waals surface area (Å²) < 4.78 is 5.46. The lowest BCUT2D eigenvalue weighted by atomic mass is 9.89. The molecule has 1 aliphatic carbocycles. The Morgan fingerprint density at radius 3 is 2.34 bits per heavy atom. The first-order valence-electron chi connectivity index (χ1n) is 12.6. The fourth-order valence-electron chi connectivity index (χ4n) is 4.92. The zero-order valence-electron chi connectivity index (χ0n) is 20.0. The molecule has 1 aromatic heterocycles. The first kappa shape index (κ1) is 24.2. The van der Waals surface area contributed by atoms with Crippen LogP contribution < -0.4 is 10.4 Å². The summed E-state index contributed by atoms with van der Waals surface area (Å²) in [6, 6.07) is 7.23. The lowest BCUT2D eigenvalue weighted by Gasteiger charge is -2.42. The number of rotatable bonds is 5. The molecule has 2 aliphatic heterocycles. The molecule has 0 spiro atoms. The van der Waals surface area contributed by atoms with E-state index in [1.165, 1.54) is 0 Å². The normalized spacial score (nSPS) is 20.5. The lowest BCUT2D eigenvalue weighted by Crippen LogP contribution is -2.56. The van der Waals surface area contributed by atoms with E-state index in [9.17, 15) is 9.59 Å². The van der Waals surface area contributed by atoms with Crippen LogP contribution in [0.1, 0.15) is 42.5 Å². The van der Waals surface area contributed by atoms with Crippen LogP contribution in [0.4, 0.5) is 5.13 Å². The summed E-state index contributed by atoms with van der Waals surface area (Å²) in [4.78, 5) is 36.8. The average Bonchev–Trinajstić information content (AvgIpc) is 3.43. The highest BCUT2D eigenvalue weighted by atomic mass is 32.1. The number of hydroxylamine groups is 1. The second kappa shape index (κ2) is 11.5. The first-order valence-corrected chi connectivity index (χ1v) is 13.4. The predicted molar refractivity (Wildman–Crippen MR) is 134 cm³/mol. The van der Waals surface area contributed by atoms with E-state index in [-0.39, 0.29) is 11.9 Å². The molecule has 0 atom stereocenters. The average molecular weight is 500 g/mol. The van der Waals surface area contributed by atoms with Crippen LogP contribution in [-0.2, 0) is 14.4 Å². The van der Waals surface area contributed by atoms with Gasteiger partial charge in [0.15, 0.2) is 5.13 Å². The van der Waals surface area contributed by atoms with E-state index in [4.69, 9.17) is 14.6 Å². The van der Waals surface area contributed by atoms with E-state index in [1.807, 2.05) is 12.1 Å². The first-order chi connectivity index (χ1) is 17.2. The number of thiazole rings is 1.